The van der Waals surface area contributed by atoms with Crippen LogP contribution in [0.5, 0.6) is 5.75 Å². The van der Waals surface area contributed by atoms with E-state index in [0.717, 1.165) is 31.1 Å². The summed E-state index contributed by atoms with van der Waals surface area (Å²) in [5.74, 6) is 0.227. The number of rotatable bonds is 6. The lowest BCUT2D eigenvalue weighted by Gasteiger charge is -2.70. The summed E-state index contributed by atoms with van der Waals surface area (Å²) in [6.07, 6.45) is 7.49. The molecule has 0 unspecified atom stereocenters. The summed E-state index contributed by atoms with van der Waals surface area (Å²) >= 11 is 5.61. The third-order valence-corrected chi connectivity index (χ3v) is 4.96. The van der Waals surface area contributed by atoms with Crippen molar-refractivity contribution in [2.75, 3.05) is 11.9 Å². The van der Waals surface area contributed by atoms with Crippen molar-refractivity contribution in [3.8, 4) is 5.75 Å². The molecule has 3 aliphatic carbocycles. The molecule has 1 aromatic carbocycles. The highest BCUT2D eigenvalue weighted by atomic mass is 35.5. The Bertz CT molecular complexity index is 798. The van der Waals surface area contributed by atoms with Crippen LogP contribution in [0, 0.1) is 5.82 Å². The number of nitrogens with zero attached hydrogens (tertiary/aromatic N) is 2. The smallest absolute Gasteiger partial charge is 0.258 e. The Kier molecular flexibility index (Phi) is 3.76. The molecular weight excluding hydrogens is 347 g/mol. The summed E-state index contributed by atoms with van der Waals surface area (Å²) in [5.41, 5.74) is -0.162. The minimum absolute atomic E-state index is 0.00345. The number of ether oxygens (including phenoxy) is 1. The molecule has 3 saturated carbocycles. The molecule has 3 aliphatic rings. The number of anilines is 1. The fourth-order valence-electron chi connectivity index (χ4n) is 3.74. The molecule has 2 N–H and O–H groups in total. The first-order chi connectivity index (χ1) is 12.0. The van der Waals surface area contributed by atoms with Gasteiger partial charge in [-0.15, -0.1) is 0 Å². The molecule has 2 bridgehead atoms. The van der Waals surface area contributed by atoms with Gasteiger partial charge in [0.15, 0.2) is 6.61 Å². The van der Waals surface area contributed by atoms with Crippen molar-refractivity contribution in [2.24, 2.45) is 0 Å². The van der Waals surface area contributed by atoms with Crippen LogP contribution >= 0.6 is 11.6 Å². The molecular formula is C17H16ClFN4O2. The van der Waals surface area contributed by atoms with Gasteiger partial charge >= 0.3 is 0 Å². The number of hydrogen-bond donors (Lipinski definition) is 2. The molecule has 0 saturated heterocycles. The van der Waals surface area contributed by atoms with Crippen molar-refractivity contribution in [3.63, 3.8) is 0 Å². The van der Waals surface area contributed by atoms with Crippen LogP contribution in [-0.4, -0.2) is 33.6 Å². The van der Waals surface area contributed by atoms with Gasteiger partial charge in [-0.05, 0) is 31.4 Å². The molecule has 1 heterocycles. The highest BCUT2D eigenvalue weighted by Gasteiger charge is 2.68. The van der Waals surface area contributed by atoms with E-state index in [4.69, 9.17) is 16.3 Å². The van der Waals surface area contributed by atoms with Gasteiger partial charge < -0.3 is 15.4 Å². The number of nitrogens with one attached hydrogen (secondary N) is 2. The zero-order chi connectivity index (χ0) is 17.5. The first kappa shape index (κ1) is 16.1. The second-order valence-corrected chi connectivity index (χ2v) is 7.13. The molecule has 0 atom stereocenters. The monoisotopic (exact) mass is 362 g/mol. The van der Waals surface area contributed by atoms with E-state index in [1.165, 1.54) is 12.1 Å². The summed E-state index contributed by atoms with van der Waals surface area (Å²) in [6, 6.07) is 4.09. The molecule has 8 heteroatoms. The Morgan fingerprint density at radius 1 is 1.28 bits per heavy atom. The molecule has 0 radical (unpaired) electrons. The highest BCUT2D eigenvalue weighted by Crippen LogP contribution is 2.61. The minimum atomic E-state index is -0.573. The van der Waals surface area contributed by atoms with E-state index >= 15 is 0 Å². The van der Waals surface area contributed by atoms with Crippen LogP contribution in [0.4, 0.5) is 10.2 Å². The lowest BCUT2D eigenvalue weighted by atomic mass is 9.44. The molecule has 0 aliphatic heterocycles. The van der Waals surface area contributed by atoms with Crippen LogP contribution in [-0.2, 0) is 4.79 Å². The van der Waals surface area contributed by atoms with E-state index in [0.29, 0.717) is 0 Å². The van der Waals surface area contributed by atoms with Gasteiger partial charge in [-0.25, -0.2) is 9.37 Å². The summed E-state index contributed by atoms with van der Waals surface area (Å²) < 4.78 is 18.6. The summed E-state index contributed by atoms with van der Waals surface area (Å²) in [5, 5.41) is 6.40. The third-order valence-electron chi connectivity index (χ3n) is 4.65. The van der Waals surface area contributed by atoms with Crippen LogP contribution in [0.25, 0.3) is 0 Å². The Morgan fingerprint density at radius 3 is 2.76 bits per heavy atom. The Hall–Kier alpha value is -2.41. The third kappa shape index (κ3) is 3.11. The van der Waals surface area contributed by atoms with Crippen molar-refractivity contribution < 1.29 is 13.9 Å². The van der Waals surface area contributed by atoms with Gasteiger partial charge in [-0.3, -0.25) is 9.78 Å². The fraction of sp³-hybridized carbons (Fsp3) is 0.353. The predicted octanol–water partition coefficient (Wildman–Crippen LogP) is 2.55. The van der Waals surface area contributed by atoms with Crippen LogP contribution in [0.2, 0.25) is 5.02 Å². The average Bonchev–Trinajstić information content (AvgIpc) is 2.54. The highest BCUT2D eigenvalue weighted by molar-refractivity contribution is 6.30. The SMILES string of the molecule is O=C(COc1ccc(Cl)c(F)c1)NC12CC(Nc3cnccn3)(C1)C2. The quantitative estimate of drug-likeness (QED) is 0.826. The number of carbonyl (C=O) groups is 1. The van der Waals surface area contributed by atoms with Crippen LogP contribution in [0.3, 0.4) is 0 Å². The van der Waals surface area contributed by atoms with Crippen LogP contribution < -0.4 is 15.4 Å². The Labute approximate surface area is 148 Å². The largest absolute Gasteiger partial charge is 0.484 e. The lowest BCUT2D eigenvalue weighted by molar-refractivity contribution is -0.135. The number of hydrogen-bond acceptors (Lipinski definition) is 5. The van der Waals surface area contributed by atoms with E-state index < -0.39 is 5.82 Å². The second kappa shape index (κ2) is 5.84. The van der Waals surface area contributed by atoms with Crippen molar-refractivity contribution in [3.05, 3.63) is 47.6 Å². The number of carbonyl (C=O) groups excluding carboxylic acids is 1. The van der Waals surface area contributed by atoms with E-state index in [2.05, 4.69) is 20.6 Å². The van der Waals surface area contributed by atoms with E-state index in [1.807, 2.05) is 0 Å². The standard InChI is InChI=1S/C17H16ClFN4O2/c18-12-2-1-11(5-13(12)19)25-7-15(24)23-17-8-16(9-17,10-17)22-14-6-20-3-4-21-14/h1-6H,7-10H2,(H,21,22)(H,23,24). The van der Waals surface area contributed by atoms with E-state index in [1.54, 1.807) is 18.6 Å². The van der Waals surface area contributed by atoms with Gasteiger partial charge in [-0.1, -0.05) is 11.6 Å². The number of halogens is 2. The van der Waals surface area contributed by atoms with Crippen molar-refractivity contribution in [1.29, 1.82) is 0 Å². The van der Waals surface area contributed by atoms with Gasteiger partial charge in [-0.2, -0.15) is 0 Å². The van der Waals surface area contributed by atoms with Crippen LogP contribution in [0.1, 0.15) is 19.3 Å². The molecule has 25 heavy (non-hydrogen) atoms. The van der Waals surface area contributed by atoms with Gasteiger partial charge in [0.2, 0.25) is 0 Å². The van der Waals surface area contributed by atoms with Crippen molar-refractivity contribution in [1.82, 2.24) is 15.3 Å². The van der Waals surface area contributed by atoms with Crippen molar-refractivity contribution >= 4 is 23.3 Å². The lowest BCUT2D eigenvalue weighted by Crippen LogP contribution is -2.81. The molecule has 1 aromatic heterocycles. The zero-order valence-corrected chi connectivity index (χ0v) is 14.0. The summed E-state index contributed by atoms with van der Waals surface area (Å²) in [4.78, 5) is 20.3. The first-order valence-electron chi connectivity index (χ1n) is 7.91. The normalized spacial score (nSPS) is 26.2. The topological polar surface area (TPSA) is 76.1 Å². The number of benzene rings is 1. The van der Waals surface area contributed by atoms with Gasteiger partial charge in [0.05, 0.1) is 11.2 Å². The van der Waals surface area contributed by atoms with Gasteiger partial charge in [0.1, 0.15) is 17.4 Å². The predicted molar refractivity (Wildman–Crippen MR) is 90.0 cm³/mol. The maximum absolute atomic E-state index is 13.3. The Morgan fingerprint density at radius 2 is 2.08 bits per heavy atom. The van der Waals surface area contributed by atoms with Gasteiger partial charge in [0, 0.05) is 29.5 Å². The van der Waals surface area contributed by atoms with E-state index in [9.17, 15) is 9.18 Å². The molecule has 1 amide bonds. The molecule has 3 fully saturated rings. The second-order valence-electron chi connectivity index (χ2n) is 6.72. The molecule has 130 valence electrons. The zero-order valence-electron chi connectivity index (χ0n) is 13.3. The molecule has 5 rings (SSSR count). The van der Waals surface area contributed by atoms with E-state index in [-0.39, 0.29) is 34.4 Å². The summed E-state index contributed by atoms with van der Waals surface area (Å²) in [6.45, 7) is -0.159. The van der Waals surface area contributed by atoms with Crippen LogP contribution in [0.15, 0.2) is 36.8 Å². The average molecular weight is 363 g/mol. The Balaban J connectivity index is 1.24. The molecule has 6 nitrogen and oxygen atoms in total. The molecule has 0 spiro atoms. The molecule has 2 aromatic rings. The van der Waals surface area contributed by atoms with Gasteiger partial charge in [0.25, 0.3) is 5.91 Å². The fourth-order valence-corrected chi connectivity index (χ4v) is 3.85. The maximum Gasteiger partial charge on any atom is 0.258 e. The maximum atomic E-state index is 13.3. The number of amides is 1. The first-order valence-corrected chi connectivity index (χ1v) is 8.29. The van der Waals surface area contributed by atoms with Crippen molar-refractivity contribution in [2.45, 2.75) is 30.3 Å². The summed E-state index contributed by atoms with van der Waals surface area (Å²) in [7, 11) is 0. The minimum Gasteiger partial charge on any atom is -0.484 e. The number of aromatic nitrogens is 2.